The molecule has 9 aromatic rings. The maximum atomic E-state index is 9.60. The zero-order valence-corrected chi connectivity index (χ0v) is 31.0. The summed E-state index contributed by atoms with van der Waals surface area (Å²) in [7, 11) is 0. The van der Waals surface area contributed by atoms with Gasteiger partial charge in [0.15, 0.2) is 0 Å². The molecule has 0 saturated carbocycles. The molecule has 0 aromatic heterocycles. The Morgan fingerprint density at radius 2 is 0.875 bits per heavy atom. The Morgan fingerprint density at radius 3 is 1.61 bits per heavy atom. The average molecular weight is 724 g/mol. The molecule has 0 aliphatic heterocycles. The summed E-state index contributed by atoms with van der Waals surface area (Å²) in [5.41, 5.74) is 9.46. The molecule has 0 saturated heterocycles. The van der Waals surface area contributed by atoms with Crippen molar-refractivity contribution in [3.63, 3.8) is 0 Å². The van der Waals surface area contributed by atoms with E-state index < -0.39 is 0 Å². The van der Waals surface area contributed by atoms with Crippen LogP contribution in [0.15, 0.2) is 212 Å². The van der Waals surface area contributed by atoms with E-state index in [1.54, 1.807) is 42.5 Å². The Labute approximate surface area is 341 Å². The highest BCUT2D eigenvalue weighted by molar-refractivity contribution is 5.90. The van der Waals surface area contributed by atoms with Gasteiger partial charge in [-0.15, -0.1) is 0 Å². The van der Waals surface area contributed by atoms with Crippen molar-refractivity contribution in [3.8, 4) is 55.6 Å². The van der Waals surface area contributed by atoms with Crippen LogP contribution in [0.3, 0.4) is 0 Å². The summed E-state index contributed by atoms with van der Waals surface area (Å²) in [4.78, 5) is 1.37. The highest BCUT2D eigenvalue weighted by atomic mass is 15.1. The van der Waals surface area contributed by atoms with E-state index in [4.69, 9.17) is 0 Å². The molecule has 1 nitrogen and oxygen atoms in total. The Bertz CT molecular complexity index is 3280. The third kappa shape index (κ3) is 5.90. The number of hydrogen-bond acceptors (Lipinski definition) is 1. The van der Waals surface area contributed by atoms with Crippen molar-refractivity contribution < 1.29 is 11.0 Å². The van der Waals surface area contributed by atoms with Crippen molar-refractivity contribution in [2.24, 2.45) is 0 Å². The molecule has 0 atom stereocenters. The Balaban J connectivity index is 1.15. The van der Waals surface area contributed by atoms with E-state index in [2.05, 4.69) is 62.4 Å². The largest absolute Gasteiger partial charge is 0.311 e. The van der Waals surface area contributed by atoms with Gasteiger partial charge in [-0.25, -0.2) is 0 Å². The van der Waals surface area contributed by atoms with Crippen molar-refractivity contribution >= 4 is 27.8 Å². The molecule has 0 spiro atoms. The van der Waals surface area contributed by atoms with E-state index in [9.17, 15) is 11.0 Å². The van der Waals surface area contributed by atoms with Crippen molar-refractivity contribution in [2.45, 2.75) is 19.3 Å². The van der Waals surface area contributed by atoms with Crippen LogP contribution in [0.4, 0.5) is 17.1 Å². The van der Waals surface area contributed by atoms with E-state index in [0.717, 1.165) is 38.6 Å². The number of anilines is 3. The molecule has 0 fully saturated rings. The summed E-state index contributed by atoms with van der Waals surface area (Å²) in [5, 5.41) is 2.17. The van der Waals surface area contributed by atoms with Gasteiger partial charge in [0.05, 0.1) is 11.0 Å². The molecule has 266 valence electrons. The molecule has 10 rings (SSSR count). The first-order valence-electron chi connectivity index (χ1n) is 22.9. The number of fused-ring (bicyclic) bond motifs is 4. The molecule has 9 aromatic carbocycles. The van der Waals surface area contributed by atoms with Gasteiger partial charge in [0.1, 0.15) is 0 Å². The maximum Gasteiger partial charge on any atom is 0.0645 e. The van der Waals surface area contributed by atoms with Crippen LogP contribution >= 0.6 is 0 Å². The van der Waals surface area contributed by atoms with Crippen molar-refractivity contribution in [2.75, 3.05) is 4.90 Å². The molecule has 0 amide bonds. The Hall–Kier alpha value is -6.96. The fraction of sp³-hybridized carbons (Fsp3) is 0.0545. The van der Waals surface area contributed by atoms with Gasteiger partial charge in [0, 0.05) is 22.5 Å². The van der Waals surface area contributed by atoms with Crippen LogP contribution < -0.4 is 4.90 Å². The maximum absolute atomic E-state index is 9.60. The molecule has 1 heteroatoms. The van der Waals surface area contributed by atoms with Gasteiger partial charge in [-0.2, -0.15) is 0 Å². The summed E-state index contributed by atoms with van der Waals surface area (Å²) in [6.07, 6.45) is 0. The predicted molar refractivity (Wildman–Crippen MR) is 238 cm³/mol. The summed E-state index contributed by atoms with van der Waals surface area (Å²) in [6, 6.07) is 49.9. The first-order valence-corrected chi connectivity index (χ1v) is 18.9. The molecule has 0 radical (unpaired) electrons. The van der Waals surface area contributed by atoms with E-state index in [1.165, 1.54) is 21.6 Å². The van der Waals surface area contributed by atoms with Crippen LogP contribution in [0.1, 0.15) is 35.9 Å². The van der Waals surface area contributed by atoms with Gasteiger partial charge in [0.25, 0.3) is 0 Å². The smallest absolute Gasteiger partial charge is 0.0645 e. The van der Waals surface area contributed by atoms with E-state index in [-0.39, 0.29) is 76.3 Å². The SMILES string of the molecule is [2H]c1c([2H])c(N(c2ccc(-c3cccc4c3C(C)(C)c3ccccc3-4)cc2)c2c([2H])c([2H])c(-c3cccc(-c4ccc5ccccc5c4)c3)c([2H])c2[2H])c([2H])c([2H])c1-c1ccccc1. The first kappa shape index (κ1) is 26.0. The summed E-state index contributed by atoms with van der Waals surface area (Å²) in [6.45, 7) is 4.45. The van der Waals surface area contributed by atoms with Gasteiger partial charge in [-0.05, 0) is 126 Å². The van der Waals surface area contributed by atoms with Gasteiger partial charge in [0.2, 0.25) is 0 Å². The zero-order valence-electron chi connectivity index (χ0n) is 39.0. The minimum atomic E-state index is -0.388. The number of rotatable bonds is 7. The number of benzene rings is 9. The highest BCUT2D eigenvalue weighted by Gasteiger charge is 2.37. The third-order valence-corrected chi connectivity index (χ3v) is 11.0. The molecule has 0 heterocycles. The monoisotopic (exact) mass is 723 g/mol. The minimum Gasteiger partial charge on any atom is -0.311 e. The second-order valence-electron chi connectivity index (χ2n) is 14.7. The van der Waals surface area contributed by atoms with Crippen molar-refractivity contribution in [1.82, 2.24) is 0 Å². The van der Waals surface area contributed by atoms with Gasteiger partial charge in [-0.1, -0.05) is 178 Å². The normalized spacial score (nSPS) is 14.6. The van der Waals surface area contributed by atoms with Crippen LogP contribution in [0.2, 0.25) is 0 Å². The standard InChI is InChI=1S/C55H41N/c1-55(2)53-21-9-8-18-51(53)52-20-11-19-50(54(52)55)42-28-34-49(35-29-42)56(47-30-24-40(25-31-47)38-12-4-3-5-13-38)48-32-26-41(27-33-48)44-16-10-17-45(36-44)46-23-22-39-14-6-7-15-43(39)37-46/h3-37H,1-2H3/i24D,25D,26D,27D,30D,31D,32D,33D. The minimum absolute atomic E-state index is 0.109. The zero-order chi connectivity index (χ0) is 44.6. The molecule has 1 aliphatic carbocycles. The molecule has 1 aliphatic rings. The fourth-order valence-corrected chi connectivity index (χ4v) is 8.20. The third-order valence-electron chi connectivity index (χ3n) is 11.0. The van der Waals surface area contributed by atoms with Crippen LogP contribution in [0, 0.1) is 0 Å². The summed E-state index contributed by atoms with van der Waals surface area (Å²) in [5.74, 6) is 0. The van der Waals surface area contributed by atoms with E-state index >= 15 is 0 Å². The average Bonchev–Trinajstić information content (AvgIpc) is 3.56. The van der Waals surface area contributed by atoms with Gasteiger partial charge in [-0.3, -0.25) is 0 Å². The molecular weight excluding hydrogens is 675 g/mol. The lowest BCUT2D eigenvalue weighted by Gasteiger charge is -2.27. The van der Waals surface area contributed by atoms with Gasteiger partial charge < -0.3 is 4.90 Å². The quantitative estimate of drug-likeness (QED) is 0.158. The Kier molecular flexibility index (Phi) is 6.36. The van der Waals surface area contributed by atoms with Crippen molar-refractivity contribution in [1.29, 1.82) is 0 Å². The number of nitrogens with zero attached hydrogens (tertiary/aromatic N) is 1. The second kappa shape index (κ2) is 13.7. The molecule has 0 unspecified atom stereocenters. The van der Waals surface area contributed by atoms with Crippen LogP contribution in [0.25, 0.3) is 66.4 Å². The Morgan fingerprint density at radius 1 is 0.357 bits per heavy atom. The van der Waals surface area contributed by atoms with Crippen LogP contribution in [0.5, 0.6) is 0 Å². The lowest BCUT2D eigenvalue weighted by Crippen LogP contribution is -2.16. The van der Waals surface area contributed by atoms with E-state index in [0.29, 0.717) is 16.8 Å². The molecule has 0 bridgehead atoms. The number of hydrogen-bond donors (Lipinski definition) is 0. The second-order valence-corrected chi connectivity index (χ2v) is 14.7. The molecular formula is C55H41N. The highest BCUT2D eigenvalue weighted by Crippen LogP contribution is 2.52. The predicted octanol–water partition coefficient (Wildman–Crippen LogP) is 15.3. The first-order chi connectivity index (χ1) is 30.9. The summed E-state index contributed by atoms with van der Waals surface area (Å²) < 4.78 is 75.5. The fourth-order valence-electron chi connectivity index (χ4n) is 8.20. The molecule has 56 heavy (non-hydrogen) atoms. The molecule has 0 N–H and O–H groups in total. The summed E-state index contributed by atoms with van der Waals surface area (Å²) >= 11 is 0. The lowest BCUT2D eigenvalue weighted by molar-refractivity contribution is 0.662. The van der Waals surface area contributed by atoms with Gasteiger partial charge >= 0.3 is 0 Å². The lowest BCUT2D eigenvalue weighted by atomic mass is 9.79. The van der Waals surface area contributed by atoms with Crippen molar-refractivity contribution in [3.05, 3.63) is 223 Å². The van der Waals surface area contributed by atoms with E-state index in [1.807, 2.05) is 72.8 Å². The van der Waals surface area contributed by atoms with Crippen LogP contribution in [-0.4, -0.2) is 0 Å². The topological polar surface area (TPSA) is 3.24 Å². The van der Waals surface area contributed by atoms with Crippen LogP contribution in [-0.2, 0) is 5.41 Å².